The fourth-order valence-electron chi connectivity index (χ4n) is 1.52. The topological polar surface area (TPSA) is 69.7 Å². The molecule has 20 heavy (non-hydrogen) atoms. The Hall–Kier alpha value is -1.56. The summed E-state index contributed by atoms with van der Waals surface area (Å²) in [4.78, 5) is 11.7. The van der Waals surface area contributed by atoms with Gasteiger partial charge in [0, 0.05) is 0 Å². The smallest absolute Gasteiger partial charge is 0.307 e. The molecule has 0 fully saturated rings. The van der Waals surface area contributed by atoms with Gasteiger partial charge in [0.1, 0.15) is 11.4 Å². The standard InChI is InChI=1S/C14H20O5S/c1-14(2,3)19-13(15)8-9-20(16,17)12-7-5-6-11(10-12)18-4/h5-7,10H,8-9H2,1-4H3. The number of benzene rings is 1. The van der Waals surface area contributed by atoms with Gasteiger partial charge >= 0.3 is 5.97 Å². The molecule has 1 aromatic rings. The van der Waals surface area contributed by atoms with Crippen LogP contribution in [0.25, 0.3) is 0 Å². The third kappa shape index (κ3) is 5.21. The molecule has 5 nitrogen and oxygen atoms in total. The Balaban J connectivity index is 2.73. The maximum atomic E-state index is 12.1. The monoisotopic (exact) mass is 300 g/mol. The van der Waals surface area contributed by atoms with E-state index in [1.807, 2.05) is 0 Å². The summed E-state index contributed by atoms with van der Waals surface area (Å²) in [6.07, 6.45) is -0.170. The first-order valence-electron chi connectivity index (χ1n) is 6.23. The summed E-state index contributed by atoms with van der Waals surface area (Å²) in [5.74, 6) is -0.345. The van der Waals surface area contributed by atoms with Crippen molar-refractivity contribution < 1.29 is 22.7 Å². The molecule has 1 rings (SSSR count). The Morgan fingerprint density at radius 3 is 2.45 bits per heavy atom. The second kappa shape index (κ2) is 6.26. The van der Waals surface area contributed by atoms with Crippen molar-refractivity contribution >= 4 is 15.8 Å². The summed E-state index contributed by atoms with van der Waals surface area (Å²) >= 11 is 0. The molecular weight excluding hydrogens is 280 g/mol. The van der Waals surface area contributed by atoms with E-state index in [1.54, 1.807) is 32.9 Å². The van der Waals surface area contributed by atoms with E-state index < -0.39 is 21.4 Å². The molecule has 0 spiro atoms. The Morgan fingerprint density at radius 2 is 1.90 bits per heavy atom. The minimum absolute atomic E-state index is 0.139. The summed E-state index contributed by atoms with van der Waals surface area (Å²) in [6, 6.07) is 6.17. The molecular formula is C14H20O5S. The maximum Gasteiger partial charge on any atom is 0.307 e. The van der Waals surface area contributed by atoms with E-state index in [9.17, 15) is 13.2 Å². The number of esters is 1. The third-order valence-electron chi connectivity index (χ3n) is 2.40. The first kappa shape index (κ1) is 16.5. The van der Waals surface area contributed by atoms with Crippen LogP contribution in [0, 0.1) is 0 Å². The highest BCUT2D eigenvalue weighted by Crippen LogP contribution is 2.19. The number of carbonyl (C=O) groups is 1. The lowest BCUT2D eigenvalue weighted by Gasteiger charge is -2.19. The van der Waals surface area contributed by atoms with E-state index in [0.717, 1.165) is 0 Å². The zero-order valence-electron chi connectivity index (χ0n) is 12.2. The summed E-state index contributed by atoms with van der Waals surface area (Å²) in [5.41, 5.74) is -0.614. The molecule has 0 aliphatic rings. The van der Waals surface area contributed by atoms with Gasteiger partial charge in [-0.1, -0.05) is 6.07 Å². The number of methoxy groups -OCH3 is 1. The third-order valence-corrected chi connectivity index (χ3v) is 4.11. The fourth-order valence-corrected chi connectivity index (χ4v) is 2.78. The van der Waals surface area contributed by atoms with Gasteiger partial charge in [-0.15, -0.1) is 0 Å². The summed E-state index contributed by atoms with van der Waals surface area (Å²) in [6.45, 7) is 5.21. The van der Waals surface area contributed by atoms with E-state index in [4.69, 9.17) is 9.47 Å². The highest BCUT2D eigenvalue weighted by Gasteiger charge is 2.21. The van der Waals surface area contributed by atoms with Crippen LogP contribution in [0.15, 0.2) is 29.2 Å². The molecule has 0 heterocycles. The van der Waals surface area contributed by atoms with Crippen LogP contribution < -0.4 is 4.74 Å². The van der Waals surface area contributed by atoms with Crippen LogP contribution in [0.3, 0.4) is 0 Å². The predicted molar refractivity (Wildman–Crippen MR) is 75.5 cm³/mol. The molecule has 1 aromatic carbocycles. The van der Waals surface area contributed by atoms with Crippen molar-refractivity contribution in [1.29, 1.82) is 0 Å². The van der Waals surface area contributed by atoms with Gasteiger partial charge in [-0.25, -0.2) is 8.42 Å². The summed E-state index contributed by atoms with van der Waals surface area (Å²) in [5, 5.41) is 0. The van der Waals surface area contributed by atoms with Crippen LogP contribution in [0.5, 0.6) is 5.75 Å². The maximum absolute atomic E-state index is 12.1. The second-order valence-corrected chi connectivity index (χ2v) is 7.44. The second-order valence-electron chi connectivity index (χ2n) is 5.33. The molecule has 0 aromatic heterocycles. The molecule has 0 amide bonds. The lowest BCUT2D eigenvalue weighted by atomic mass is 10.2. The molecule has 0 N–H and O–H groups in total. The van der Waals surface area contributed by atoms with Gasteiger partial charge in [-0.05, 0) is 39.0 Å². The molecule has 0 aliphatic heterocycles. The van der Waals surface area contributed by atoms with Crippen molar-refractivity contribution in [3.8, 4) is 5.75 Å². The van der Waals surface area contributed by atoms with E-state index in [-0.39, 0.29) is 17.1 Å². The summed E-state index contributed by atoms with van der Waals surface area (Å²) < 4.78 is 34.3. The van der Waals surface area contributed by atoms with Gasteiger partial charge in [0.05, 0.1) is 24.2 Å². The van der Waals surface area contributed by atoms with E-state index in [2.05, 4.69) is 0 Å². The lowest BCUT2D eigenvalue weighted by Crippen LogP contribution is -2.25. The number of rotatable bonds is 5. The first-order valence-corrected chi connectivity index (χ1v) is 7.88. The van der Waals surface area contributed by atoms with Gasteiger partial charge in [0.25, 0.3) is 0 Å². The minimum Gasteiger partial charge on any atom is -0.497 e. The van der Waals surface area contributed by atoms with Gasteiger partial charge in [-0.2, -0.15) is 0 Å². The Kier molecular flexibility index (Phi) is 5.16. The van der Waals surface area contributed by atoms with Crippen LogP contribution in [0.1, 0.15) is 27.2 Å². The molecule has 0 atom stereocenters. The van der Waals surface area contributed by atoms with Crippen molar-refractivity contribution in [2.75, 3.05) is 12.9 Å². The van der Waals surface area contributed by atoms with E-state index >= 15 is 0 Å². The van der Waals surface area contributed by atoms with Crippen LogP contribution in [-0.2, 0) is 19.4 Å². The molecule has 0 saturated heterocycles. The largest absolute Gasteiger partial charge is 0.497 e. The Morgan fingerprint density at radius 1 is 1.25 bits per heavy atom. The van der Waals surface area contributed by atoms with Crippen molar-refractivity contribution in [2.45, 2.75) is 37.7 Å². The summed E-state index contributed by atoms with van der Waals surface area (Å²) in [7, 11) is -2.06. The van der Waals surface area contributed by atoms with Crippen LogP contribution in [-0.4, -0.2) is 32.9 Å². The highest BCUT2D eigenvalue weighted by molar-refractivity contribution is 7.91. The van der Waals surface area contributed by atoms with Crippen LogP contribution >= 0.6 is 0 Å². The Bertz CT molecular complexity index is 569. The zero-order chi connectivity index (χ0) is 15.4. The van der Waals surface area contributed by atoms with Crippen molar-refractivity contribution in [2.24, 2.45) is 0 Å². The molecule has 0 radical (unpaired) electrons. The van der Waals surface area contributed by atoms with Gasteiger partial charge in [0.15, 0.2) is 9.84 Å². The highest BCUT2D eigenvalue weighted by atomic mass is 32.2. The average molecular weight is 300 g/mol. The first-order chi connectivity index (χ1) is 9.14. The molecule has 0 saturated carbocycles. The van der Waals surface area contributed by atoms with E-state index in [1.165, 1.54) is 19.2 Å². The van der Waals surface area contributed by atoms with E-state index in [0.29, 0.717) is 5.75 Å². The van der Waals surface area contributed by atoms with Crippen LogP contribution in [0.2, 0.25) is 0 Å². The SMILES string of the molecule is COc1cccc(S(=O)(=O)CCC(=O)OC(C)(C)C)c1. The van der Waals surface area contributed by atoms with Gasteiger partial charge < -0.3 is 9.47 Å². The lowest BCUT2D eigenvalue weighted by molar-refractivity contribution is -0.154. The zero-order valence-corrected chi connectivity index (χ0v) is 13.0. The normalized spacial score (nSPS) is 12.0. The van der Waals surface area contributed by atoms with Gasteiger partial charge in [0.2, 0.25) is 0 Å². The van der Waals surface area contributed by atoms with Crippen molar-refractivity contribution in [3.05, 3.63) is 24.3 Å². The molecule has 0 aliphatic carbocycles. The van der Waals surface area contributed by atoms with Crippen molar-refractivity contribution in [1.82, 2.24) is 0 Å². The minimum atomic E-state index is -3.52. The number of hydrogen-bond acceptors (Lipinski definition) is 5. The number of sulfone groups is 1. The molecule has 112 valence electrons. The molecule has 0 bridgehead atoms. The average Bonchev–Trinajstić information content (AvgIpc) is 2.35. The number of hydrogen-bond donors (Lipinski definition) is 0. The number of carbonyl (C=O) groups excluding carboxylic acids is 1. The fraction of sp³-hybridized carbons (Fsp3) is 0.500. The van der Waals surface area contributed by atoms with Crippen molar-refractivity contribution in [3.63, 3.8) is 0 Å². The molecule has 0 unspecified atom stereocenters. The van der Waals surface area contributed by atoms with Crippen LogP contribution in [0.4, 0.5) is 0 Å². The van der Waals surface area contributed by atoms with Gasteiger partial charge in [-0.3, -0.25) is 4.79 Å². The molecule has 6 heteroatoms. The Labute approximate surface area is 119 Å². The quantitative estimate of drug-likeness (QED) is 0.780. The predicted octanol–water partition coefficient (Wildman–Crippen LogP) is 2.20. The number of ether oxygens (including phenoxy) is 2.